The van der Waals surface area contributed by atoms with Crippen molar-refractivity contribution in [1.29, 1.82) is 0 Å². The number of piperidine rings is 1. The first-order valence-electron chi connectivity index (χ1n) is 14.7. The molecule has 0 amide bonds. The monoisotopic (exact) mass is 618 g/mol. The van der Waals surface area contributed by atoms with Crippen LogP contribution in [0.3, 0.4) is 0 Å². The third kappa shape index (κ3) is 5.25. The van der Waals surface area contributed by atoms with Gasteiger partial charge in [0.2, 0.25) is 0 Å². The summed E-state index contributed by atoms with van der Waals surface area (Å²) < 4.78 is 28.1. The van der Waals surface area contributed by atoms with Crippen LogP contribution in [-0.2, 0) is 10.0 Å². The summed E-state index contributed by atoms with van der Waals surface area (Å²) in [5.74, 6) is 0.857. The molecule has 0 radical (unpaired) electrons. The predicted octanol–water partition coefficient (Wildman–Crippen LogP) is 5.44. The Balaban J connectivity index is 1.13. The molecule has 0 aliphatic carbocycles. The van der Waals surface area contributed by atoms with Crippen molar-refractivity contribution in [2.75, 3.05) is 28.6 Å². The number of anilines is 5. The van der Waals surface area contributed by atoms with Gasteiger partial charge in [0.1, 0.15) is 23.5 Å². The maximum absolute atomic E-state index is 13.5. The average Bonchev–Trinajstić information content (AvgIpc) is 3.53. The summed E-state index contributed by atoms with van der Waals surface area (Å²) in [6.45, 7) is 3.36. The van der Waals surface area contributed by atoms with Crippen LogP contribution < -0.4 is 26.4 Å². The number of hydrogen-bond donors (Lipinski definition) is 2. The van der Waals surface area contributed by atoms with E-state index in [1.165, 1.54) is 16.5 Å². The maximum Gasteiger partial charge on any atom is 0.269 e. The van der Waals surface area contributed by atoms with Gasteiger partial charge in [-0.1, -0.05) is 48.0 Å². The largest absolute Gasteiger partial charge is 0.355 e. The average molecular weight is 619 g/mol. The molecule has 1 aliphatic rings. The van der Waals surface area contributed by atoms with Gasteiger partial charge in [0.05, 0.1) is 10.3 Å². The SMILES string of the molecule is Cc1ccc(S(=O)(=O)n2ccc3c(N4CCCC(c5cccc(Nc6c(Nc7ccccc7)c(=O)c6=O)c5)C4)ncnc32)cc1. The molecule has 3 heterocycles. The zero-order valence-corrected chi connectivity index (χ0v) is 25.3. The van der Waals surface area contributed by atoms with E-state index in [-0.39, 0.29) is 22.2 Å². The summed E-state index contributed by atoms with van der Waals surface area (Å²) in [7, 11) is -3.83. The summed E-state index contributed by atoms with van der Waals surface area (Å²) >= 11 is 0. The molecule has 0 spiro atoms. The van der Waals surface area contributed by atoms with Crippen LogP contribution in [0.4, 0.5) is 28.6 Å². The molecule has 1 atom stereocenters. The highest BCUT2D eigenvalue weighted by Crippen LogP contribution is 2.34. The minimum atomic E-state index is -3.83. The van der Waals surface area contributed by atoms with Crippen molar-refractivity contribution in [2.45, 2.75) is 30.6 Å². The van der Waals surface area contributed by atoms with Crippen LogP contribution in [0.1, 0.15) is 29.9 Å². The van der Waals surface area contributed by atoms with E-state index >= 15 is 0 Å². The number of aryl methyl sites for hydroxylation is 1. The second-order valence-electron chi connectivity index (χ2n) is 11.3. The Bertz CT molecular complexity index is 2200. The summed E-state index contributed by atoms with van der Waals surface area (Å²) in [4.78, 5) is 36.1. The summed E-state index contributed by atoms with van der Waals surface area (Å²) in [5.41, 5.74) is 3.26. The lowest BCUT2D eigenvalue weighted by Crippen LogP contribution is -2.36. The Hall–Kier alpha value is -5.29. The van der Waals surface area contributed by atoms with E-state index in [4.69, 9.17) is 0 Å². The number of nitrogens with zero attached hydrogens (tertiary/aromatic N) is 4. The summed E-state index contributed by atoms with van der Waals surface area (Å²) in [6.07, 6.45) is 4.83. The minimum Gasteiger partial charge on any atom is -0.355 e. The molecular weight excluding hydrogens is 588 g/mol. The third-order valence-corrected chi connectivity index (χ3v) is 9.99. The van der Waals surface area contributed by atoms with Crippen LogP contribution in [0.2, 0.25) is 0 Å². The van der Waals surface area contributed by atoms with Gasteiger partial charge >= 0.3 is 0 Å². The molecule has 0 saturated carbocycles. The Kier molecular flexibility index (Phi) is 7.17. The van der Waals surface area contributed by atoms with E-state index in [1.54, 1.807) is 30.3 Å². The van der Waals surface area contributed by atoms with Gasteiger partial charge in [-0.3, -0.25) is 9.59 Å². The molecular formula is C34H30N6O4S. The lowest BCUT2D eigenvalue weighted by molar-refractivity contribution is 0.508. The molecule has 1 unspecified atom stereocenters. The standard InChI is InChI=1S/C34H30N6O4S/c1-22-12-14-27(15-13-22)45(43,44)40-18-16-28-33(35-21-36-34(28)40)39-17-6-8-24(20-39)23-7-5-11-26(19-23)38-30-29(31(41)32(30)42)37-25-9-3-2-4-10-25/h2-5,7,9-16,18-19,21,24,37-38H,6,8,17,20H2,1H3. The van der Waals surface area contributed by atoms with Gasteiger partial charge in [-0.15, -0.1) is 0 Å². The van der Waals surface area contributed by atoms with Crippen molar-refractivity contribution >= 4 is 49.6 Å². The zero-order valence-electron chi connectivity index (χ0n) is 24.5. The first-order chi connectivity index (χ1) is 21.8. The number of aromatic nitrogens is 3. The highest BCUT2D eigenvalue weighted by atomic mass is 32.2. The molecule has 2 aromatic heterocycles. The van der Waals surface area contributed by atoms with E-state index < -0.39 is 20.9 Å². The smallest absolute Gasteiger partial charge is 0.269 e. The predicted molar refractivity (Wildman–Crippen MR) is 176 cm³/mol. The summed E-state index contributed by atoms with van der Waals surface area (Å²) in [5, 5.41) is 6.89. The molecule has 7 rings (SSSR count). The molecule has 6 aromatic rings. The van der Waals surface area contributed by atoms with Gasteiger partial charge in [0.15, 0.2) is 5.65 Å². The van der Waals surface area contributed by atoms with Crippen molar-refractivity contribution in [3.63, 3.8) is 0 Å². The quantitative estimate of drug-likeness (QED) is 0.214. The van der Waals surface area contributed by atoms with E-state index in [0.29, 0.717) is 23.4 Å². The van der Waals surface area contributed by atoms with Gasteiger partial charge in [-0.05, 0) is 67.8 Å². The van der Waals surface area contributed by atoms with Crippen molar-refractivity contribution in [3.8, 4) is 0 Å². The first-order valence-corrected chi connectivity index (χ1v) is 16.2. The maximum atomic E-state index is 13.5. The van der Waals surface area contributed by atoms with Crippen LogP contribution in [0.5, 0.6) is 0 Å². The van der Waals surface area contributed by atoms with Gasteiger partial charge in [0, 0.05) is 36.6 Å². The van der Waals surface area contributed by atoms with Crippen LogP contribution in [0.25, 0.3) is 11.0 Å². The van der Waals surface area contributed by atoms with Crippen LogP contribution in [0.15, 0.2) is 112 Å². The van der Waals surface area contributed by atoms with Gasteiger partial charge < -0.3 is 15.5 Å². The Morgan fingerprint density at radius 2 is 1.53 bits per heavy atom. The fourth-order valence-electron chi connectivity index (χ4n) is 5.94. The highest BCUT2D eigenvalue weighted by molar-refractivity contribution is 7.90. The molecule has 1 saturated heterocycles. The van der Waals surface area contributed by atoms with Crippen LogP contribution in [0, 0.1) is 6.92 Å². The van der Waals surface area contributed by atoms with Crippen molar-refractivity contribution in [3.05, 3.63) is 129 Å². The van der Waals surface area contributed by atoms with E-state index in [0.717, 1.165) is 41.9 Å². The topological polar surface area (TPSA) is 126 Å². The number of benzene rings is 3. The number of fused-ring (bicyclic) bond motifs is 1. The lowest BCUT2D eigenvalue weighted by atomic mass is 9.90. The number of rotatable bonds is 8. The Morgan fingerprint density at radius 1 is 0.822 bits per heavy atom. The van der Waals surface area contributed by atoms with Crippen molar-refractivity contribution in [2.24, 2.45) is 0 Å². The van der Waals surface area contributed by atoms with Gasteiger partial charge in [0.25, 0.3) is 20.9 Å². The van der Waals surface area contributed by atoms with Crippen LogP contribution >= 0.6 is 0 Å². The molecule has 226 valence electrons. The fourth-order valence-corrected chi connectivity index (χ4v) is 7.24. The summed E-state index contributed by atoms with van der Waals surface area (Å²) in [6, 6.07) is 25.7. The molecule has 45 heavy (non-hydrogen) atoms. The number of nitrogens with one attached hydrogen (secondary N) is 2. The van der Waals surface area contributed by atoms with E-state index in [1.807, 2.05) is 55.5 Å². The molecule has 1 fully saturated rings. The highest BCUT2D eigenvalue weighted by Gasteiger charge is 2.27. The Morgan fingerprint density at radius 3 is 2.29 bits per heavy atom. The number of hydrogen-bond acceptors (Lipinski definition) is 9. The molecule has 2 N–H and O–H groups in total. The third-order valence-electron chi connectivity index (χ3n) is 8.31. The molecule has 11 heteroatoms. The zero-order chi connectivity index (χ0) is 31.1. The Labute approximate surface area is 259 Å². The minimum absolute atomic E-state index is 0.165. The molecule has 4 aromatic carbocycles. The second-order valence-corrected chi connectivity index (χ2v) is 13.1. The lowest BCUT2D eigenvalue weighted by Gasteiger charge is -2.34. The second kappa shape index (κ2) is 11.3. The fraction of sp³-hybridized carbons (Fsp3) is 0.176. The molecule has 10 nitrogen and oxygen atoms in total. The molecule has 0 bridgehead atoms. The molecule has 1 aliphatic heterocycles. The first kappa shape index (κ1) is 28.5. The van der Waals surface area contributed by atoms with Crippen molar-refractivity contribution in [1.82, 2.24) is 13.9 Å². The van der Waals surface area contributed by atoms with E-state index in [2.05, 4.69) is 31.6 Å². The normalized spacial score (nSPS) is 15.4. The number of para-hydroxylation sites is 1. The van der Waals surface area contributed by atoms with Crippen LogP contribution in [-0.4, -0.2) is 35.4 Å². The van der Waals surface area contributed by atoms with E-state index in [9.17, 15) is 18.0 Å². The van der Waals surface area contributed by atoms with Gasteiger partial charge in [-0.2, -0.15) is 0 Å². The van der Waals surface area contributed by atoms with Crippen molar-refractivity contribution < 1.29 is 8.42 Å². The van der Waals surface area contributed by atoms with Gasteiger partial charge in [-0.25, -0.2) is 22.4 Å².